The molecule has 1 atom stereocenters. The van der Waals surface area contributed by atoms with Crippen molar-refractivity contribution >= 4 is 5.69 Å². The van der Waals surface area contributed by atoms with E-state index in [9.17, 15) is 0 Å². The van der Waals surface area contributed by atoms with Gasteiger partial charge >= 0.3 is 0 Å². The molecule has 1 aliphatic heterocycles. The molecule has 15 heavy (non-hydrogen) atoms. The normalized spacial score (nSPS) is 16.7. The SMILES string of the molecule is CCC(OC)c1cccc2c1CCCN2. The van der Waals surface area contributed by atoms with Crippen LogP contribution < -0.4 is 5.32 Å². The number of benzene rings is 1. The molecule has 2 nitrogen and oxygen atoms in total. The summed E-state index contributed by atoms with van der Waals surface area (Å²) in [4.78, 5) is 0. The van der Waals surface area contributed by atoms with Crippen molar-refractivity contribution in [2.24, 2.45) is 0 Å². The van der Waals surface area contributed by atoms with Crippen molar-refractivity contribution in [2.45, 2.75) is 32.3 Å². The standard InChI is InChI=1S/C13H19NO/c1-3-13(15-2)11-6-4-8-12-10(11)7-5-9-14-12/h4,6,8,13-14H,3,5,7,9H2,1-2H3. The van der Waals surface area contributed by atoms with E-state index < -0.39 is 0 Å². The summed E-state index contributed by atoms with van der Waals surface area (Å²) >= 11 is 0. The van der Waals surface area contributed by atoms with Crippen molar-refractivity contribution in [3.05, 3.63) is 29.3 Å². The molecular weight excluding hydrogens is 186 g/mol. The summed E-state index contributed by atoms with van der Waals surface area (Å²) in [5.41, 5.74) is 4.12. The van der Waals surface area contributed by atoms with E-state index in [2.05, 4.69) is 30.4 Å². The molecule has 0 bridgehead atoms. The van der Waals surface area contributed by atoms with Gasteiger partial charge in [-0.25, -0.2) is 0 Å². The Morgan fingerprint density at radius 2 is 2.33 bits per heavy atom. The number of nitrogens with one attached hydrogen (secondary N) is 1. The van der Waals surface area contributed by atoms with Gasteiger partial charge in [-0.15, -0.1) is 0 Å². The highest BCUT2D eigenvalue weighted by Gasteiger charge is 2.17. The van der Waals surface area contributed by atoms with Gasteiger partial charge in [0.2, 0.25) is 0 Å². The highest BCUT2D eigenvalue weighted by molar-refractivity contribution is 5.56. The predicted molar refractivity (Wildman–Crippen MR) is 63.3 cm³/mol. The van der Waals surface area contributed by atoms with Gasteiger partial charge in [-0.2, -0.15) is 0 Å². The van der Waals surface area contributed by atoms with E-state index in [1.54, 1.807) is 7.11 Å². The summed E-state index contributed by atoms with van der Waals surface area (Å²) in [5.74, 6) is 0. The third-order valence-corrected chi connectivity index (χ3v) is 3.13. The minimum Gasteiger partial charge on any atom is -0.385 e. The molecule has 0 amide bonds. The second-order valence-corrected chi connectivity index (χ2v) is 4.04. The fourth-order valence-electron chi connectivity index (χ4n) is 2.35. The zero-order chi connectivity index (χ0) is 10.7. The zero-order valence-electron chi connectivity index (χ0n) is 9.55. The molecule has 1 aliphatic rings. The molecule has 0 fully saturated rings. The number of anilines is 1. The van der Waals surface area contributed by atoms with E-state index in [4.69, 9.17) is 4.74 Å². The van der Waals surface area contributed by atoms with Crippen LogP contribution in [0, 0.1) is 0 Å². The molecule has 1 aromatic rings. The zero-order valence-corrected chi connectivity index (χ0v) is 9.55. The number of rotatable bonds is 3. The van der Waals surface area contributed by atoms with E-state index >= 15 is 0 Å². The molecule has 1 N–H and O–H groups in total. The molecule has 0 saturated carbocycles. The minimum atomic E-state index is 0.250. The second-order valence-electron chi connectivity index (χ2n) is 4.04. The van der Waals surface area contributed by atoms with Crippen LogP contribution >= 0.6 is 0 Å². The Hall–Kier alpha value is -1.02. The Morgan fingerprint density at radius 1 is 1.47 bits per heavy atom. The third kappa shape index (κ3) is 2.00. The average Bonchev–Trinajstić information content (AvgIpc) is 2.31. The first-order valence-corrected chi connectivity index (χ1v) is 5.75. The van der Waals surface area contributed by atoms with Gasteiger partial charge in [0.25, 0.3) is 0 Å². The van der Waals surface area contributed by atoms with Gasteiger partial charge in [0.1, 0.15) is 0 Å². The minimum absolute atomic E-state index is 0.250. The fraction of sp³-hybridized carbons (Fsp3) is 0.538. The molecule has 82 valence electrons. The van der Waals surface area contributed by atoms with Crippen LogP contribution in [0.1, 0.15) is 37.0 Å². The number of hydrogen-bond donors (Lipinski definition) is 1. The number of ether oxygens (including phenoxy) is 1. The average molecular weight is 205 g/mol. The van der Waals surface area contributed by atoms with E-state index in [-0.39, 0.29) is 6.10 Å². The number of methoxy groups -OCH3 is 1. The first kappa shape index (κ1) is 10.5. The smallest absolute Gasteiger partial charge is 0.0821 e. The van der Waals surface area contributed by atoms with E-state index in [0.717, 1.165) is 13.0 Å². The molecule has 0 spiro atoms. The first-order chi connectivity index (χ1) is 7.36. The molecule has 0 aliphatic carbocycles. The quantitative estimate of drug-likeness (QED) is 0.818. The summed E-state index contributed by atoms with van der Waals surface area (Å²) in [6.07, 6.45) is 3.69. The number of fused-ring (bicyclic) bond motifs is 1. The molecule has 0 aromatic heterocycles. The van der Waals surface area contributed by atoms with Gasteiger partial charge in [-0.05, 0) is 36.5 Å². The monoisotopic (exact) mass is 205 g/mol. The maximum atomic E-state index is 5.52. The van der Waals surface area contributed by atoms with Crippen LogP contribution in [0.5, 0.6) is 0 Å². The molecule has 2 heteroatoms. The van der Waals surface area contributed by atoms with Gasteiger partial charge in [0.15, 0.2) is 0 Å². The lowest BCUT2D eigenvalue weighted by Crippen LogP contribution is -2.15. The summed E-state index contributed by atoms with van der Waals surface area (Å²) < 4.78 is 5.52. The van der Waals surface area contributed by atoms with Crippen LogP contribution in [0.3, 0.4) is 0 Å². The van der Waals surface area contributed by atoms with Crippen molar-refractivity contribution in [3.63, 3.8) is 0 Å². The van der Waals surface area contributed by atoms with Crippen LogP contribution in [0.4, 0.5) is 5.69 Å². The van der Waals surface area contributed by atoms with Gasteiger partial charge < -0.3 is 10.1 Å². The van der Waals surface area contributed by atoms with Crippen molar-refractivity contribution in [2.75, 3.05) is 19.0 Å². The second kappa shape index (κ2) is 4.67. The highest BCUT2D eigenvalue weighted by atomic mass is 16.5. The van der Waals surface area contributed by atoms with Gasteiger partial charge in [-0.1, -0.05) is 19.1 Å². The maximum absolute atomic E-state index is 5.52. The molecular formula is C13H19NO. The summed E-state index contributed by atoms with van der Waals surface area (Å²) in [5, 5.41) is 3.45. The Labute approximate surface area is 91.6 Å². The summed E-state index contributed by atoms with van der Waals surface area (Å²) in [6, 6.07) is 6.48. The van der Waals surface area contributed by atoms with Crippen molar-refractivity contribution in [1.29, 1.82) is 0 Å². The van der Waals surface area contributed by atoms with Gasteiger partial charge in [0.05, 0.1) is 6.10 Å². The third-order valence-electron chi connectivity index (χ3n) is 3.13. The molecule has 2 rings (SSSR count). The van der Waals surface area contributed by atoms with Gasteiger partial charge in [0, 0.05) is 19.3 Å². The Bertz CT molecular complexity index is 331. The molecule has 1 unspecified atom stereocenters. The highest BCUT2D eigenvalue weighted by Crippen LogP contribution is 2.31. The lowest BCUT2D eigenvalue weighted by Gasteiger charge is -2.24. The molecule has 1 aromatic carbocycles. The first-order valence-electron chi connectivity index (χ1n) is 5.75. The molecule has 0 radical (unpaired) electrons. The lowest BCUT2D eigenvalue weighted by atomic mass is 9.93. The Balaban J connectivity index is 2.38. The Morgan fingerprint density at radius 3 is 3.07 bits per heavy atom. The van der Waals surface area contributed by atoms with Crippen molar-refractivity contribution in [3.8, 4) is 0 Å². The fourth-order valence-corrected chi connectivity index (χ4v) is 2.35. The van der Waals surface area contributed by atoms with Crippen LogP contribution in [0.25, 0.3) is 0 Å². The summed E-state index contributed by atoms with van der Waals surface area (Å²) in [7, 11) is 1.80. The maximum Gasteiger partial charge on any atom is 0.0821 e. The van der Waals surface area contributed by atoms with E-state index in [0.29, 0.717) is 0 Å². The largest absolute Gasteiger partial charge is 0.385 e. The van der Waals surface area contributed by atoms with Crippen LogP contribution in [-0.4, -0.2) is 13.7 Å². The Kier molecular flexibility index (Phi) is 3.27. The lowest BCUT2D eigenvalue weighted by molar-refractivity contribution is 0.0993. The van der Waals surface area contributed by atoms with Gasteiger partial charge in [-0.3, -0.25) is 0 Å². The van der Waals surface area contributed by atoms with E-state index in [1.165, 1.54) is 29.7 Å². The number of hydrogen-bond acceptors (Lipinski definition) is 2. The van der Waals surface area contributed by atoms with Crippen molar-refractivity contribution < 1.29 is 4.74 Å². The summed E-state index contributed by atoms with van der Waals surface area (Å²) in [6.45, 7) is 3.27. The topological polar surface area (TPSA) is 21.3 Å². The van der Waals surface area contributed by atoms with Crippen LogP contribution in [0.2, 0.25) is 0 Å². The van der Waals surface area contributed by atoms with Crippen LogP contribution in [0.15, 0.2) is 18.2 Å². The van der Waals surface area contributed by atoms with Crippen LogP contribution in [-0.2, 0) is 11.2 Å². The molecule has 0 saturated heterocycles. The molecule has 1 heterocycles. The van der Waals surface area contributed by atoms with E-state index in [1.807, 2.05) is 0 Å². The van der Waals surface area contributed by atoms with Crippen molar-refractivity contribution in [1.82, 2.24) is 0 Å². The predicted octanol–water partition coefficient (Wildman–Crippen LogP) is 3.14.